The second-order valence-electron chi connectivity index (χ2n) is 5.79. The van der Waals surface area contributed by atoms with Gasteiger partial charge >= 0.3 is 0 Å². The maximum atomic E-state index is 12.2. The molecule has 0 saturated carbocycles. The van der Waals surface area contributed by atoms with Crippen molar-refractivity contribution in [2.45, 2.75) is 12.5 Å². The van der Waals surface area contributed by atoms with Gasteiger partial charge in [-0.2, -0.15) is 0 Å². The lowest BCUT2D eigenvalue weighted by Gasteiger charge is -2.33. The first-order chi connectivity index (χ1) is 11.7. The van der Waals surface area contributed by atoms with Gasteiger partial charge in [0.15, 0.2) is 0 Å². The molecule has 0 aliphatic carbocycles. The lowest BCUT2D eigenvalue weighted by Crippen LogP contribution is -2.43. The zero-order valence-electron chi connectivity index (χ0n) is 13.4. The Kier molecular flexibility index (Phi) is 5.91. The molecule has 1 saturated heterocycles. The molecule has 0 bridgehead atoms. The van der Waals surface area contributed by atoms with E-state index in [2.05, 4.69) is 10.2 Å². The standard InChI is InChI=1S/C18H21ClN2O3/c19-15-5-3-14(4-6-15)12-18(22)20-13-16(17-2-1-9-24-17)21-7-10-23-11-8-21/h1-6,9,16H,7-8,10-13H2,(H,20,22). The molecule has 3 rings (SSSR count). The first kappa shape index (κ1) is 17.0. The molecule has 2 heterocycles. The second kappa shape index (κ2) is 8.33. The topological polar surface area (TPSA) is 54.7 Å². The fourth-order valence-corrected chi connectivity index (χ4v) is 2.97. The zero-order chi connectivity index (χ0) is 16.8. The van der Waals surface area contributed by atoms with E-state index in [9.17, 15) is 4.79 Å². The van der Waals surface area contributed by atoms with Crippen LogP contribution in [0.1, 0.15) is 17.4 Å². The summed E-state index contributed by atoms with van der Waals surface area (Å²) in [6.45, 7) is 3.59. The number of rotatable bonds is 6. The smallest absolute Gasteiger partial charge is 0.224 e. The number of nitrogens with zero attached hydrogens (tertiary/aromatic N) is 1. The second-order valence-corrected chi connectivity index (χ2v) is 6.22. The highest BCUT2D eigenvalue weighted by Crippen LogP contribution is 2.21. The molecular formula is C18H21ClN2O3. The molecule has 6 heteroatoms. The van der Waals surface area contributed by atoms with Crippen LogP contribution in [0.15, 0.2) is 47.1 Å². The third kappa shape index (κ3) is 4.60. The fraction of sp³-hybridized carbons (Fsp3) is 0.389. The van der Waals surface area contributed by atoms with E-state index in [-0.39, 0.29) is 11.9 Å². The molecule has 1 N–H and O–H groups in total. The third-order valence-electron chi connectivity index (χ3n) is 4.13. The number of benzene rings is 1. The highest BCUT2D eigenvalue weighted by Gasteiger charge is 2.25. The van der Waals surface area contributed by atoms with Crippen molar-refractivity contribution in [2.75, 3.05) is 32.8 Å². The maximum Gasteiger partial charge on any atom is 0.224 e. The highest BCUT2D eigenvalue weighted by molar-refractivity contribution is 6.30. The molecule has 1 aliphatic rings. The van der Waals surface area contributed by atoms with Crippen LogP contribution < -0.4 is 5.32 Å². The quantitative estimate of drug-likeness (QED) is 0.872. The maximum absolute atomic E-state index is 12.2. The molecule has 0 spiro atoms. The van der Waals surface area contributed by atoms with Crippen molar-refractivity contribution >= 4 is 17.5 Å². The van der Waals surface area contributed by atoms with E-state index in [0.717, 1.165) is 24.4 Å². The number of halogens is 1. The number of nitrogens with one attached hydrogen (secondary N) is 1. The fourth-order valence-electron chi connectivity index (χ4n) is 2.84. The summed E-state index contributed by atoms with van der Waals surface area (Å²) in [6.07, 6.45) is 2.00. The Morgan fingerprint density at radius 3 is 2.62 bits per heavy atom. The lowest BCUT2D eigenvalue weighted by molar-refractivity contribution is -0.120. The number of ether oxygens (including phenoxy) is 1. The minimum Gasteiger partial charge on any atom is -0.468 e. The van der Waals surface area contributed by atoms with E-state index in [1.54, 1.807) is 18.4 Å². The van der Waals surface area contributed by atoms with Gasteiger partial charge in [-0.25, -0.2) is 0 Å². The van der Waals surface area contributed by atoms with Crippen LogP contribution in [-0.4, -0.2) is 43.7 Å². The molecule has 0 radical (unpaired) electrons. The van der Waals surface area contributed by atoms with E-state index in [1.807, 2.05) is 24.3 Å². The van der Waals surface area contributed by atoms with E-state index in [1.165, 1.54) is 0 Å². The Bertz CT molecular complexity index is 637. The minimum atomic E-state index is -0.0119. The van der Waals surface area contributed by atoms with Crippen molar-refractivity contribution in [1.82, 2.24) is 10.2 Å². The third-order valence-corrected chi connectivity index (χ3v) is 4.38. The van der Waals surface area contributed by atoms with Crippen LogP contribution in [0.2, 0.25) is 5.02 Å². The molecule has 5 nitrogen and oxygen atoms in total. The molecule has 1 fully saturated rings. The SMILES string of the molecule is O=C(Cc1ccc(Cl)cc1)NCC(c1ccco1)N1CCOCC1. The van der Waals surface area contributed by atoms with Crippen LogP contribution >= 0.6 is 11.6 Å². The van der Waals surface area contributed by atoms with Crippen LogP contribution in [0, 0.1) is 0 Å². The Morgan fingerprint density at radius 1 is 1.21 bits per heavy atom. The van der Waals surface area contributed by atoms with Gasteiger partial charge in [0, 0.05) is 24.7 Å². The summed E-state index contributed by atoms with van der Waals surface area (Å²) in [6, 6.07) is 11.2. The van der Waals surface area contributed by atoms with Gasteiger partial charge in [-0.3, -0.25) is 9.69 Å². The van der Waals surface area contributed by atoms with Crippen LogP contribution in [-0.2, 0) is 16.0 Å². The molecule has 2 aromatic rings. The Morgan fingerprint density at radius 2 is 1.96 bits per heavy atom. The van der Waals surface area contributed by atoms with Gasteiger partial charge in [0.1, 0.15) is 5.76 Å². The zero-order valence-corrected chi connectivity index (χ0v) is 14.2. The van der Waals surface area contributed by atoms with Crippen LogP contribution in [0.3, 0.4) is 0 Å². The van der Waals surface area contributed by atoms with Crippen molar-refractivity contribution in [2.24, 2.45) is 0 Å². The Hall–Kier alpha value is -1.82. The lowest BCUT2D eigenvalue weighted by atomic mass is 10.1. The Balaban J connectivity index is 1.58. The van der Waals surface area contributed by atoms with Crippen LogP contribution in [0.5, 0.6) is 0 Å². The predicted molar refractivity (Wildman–Crippen MR) is 92.0 cm³/mol. The molecular weight excluding hydrogens is 328 g/mol. The number of morpholine rings is 1. The molecule has 128 valence electrons. The number of amides is 1. The molecule has 1 aromatic carbocycles. The Labute approximate surface area is 146 Å². The van der Waals surface area contributed by atoms with E-state index in [4.69, 9.17) is 20.8 Å². The summed E-state index contributed by atoms with van der Waals surface area (Å²) in [5.41, 5.74) is 0.942. The van der Waals surface area contributed by atoms with Crippen molar-refractivity contribution < 1.29 is 13.9 Å². The number of carbonyl (C=O) groups is 1. The molecule has 1 amide bonds. The van der Waals surface area contributed by atoms with Gasteiger partial charge in [-0.1, -0.05) is 23.7 Å². The summed E-state index contributed by atoms with van der Waals surface area (Å²) in [7, 11) is 0. The summed E-state index contributed by atoms with van der Waals surface area (Å²) in [4.78, 5) is 14.5. The number of carbonyl (C=O) groups excluding carboxylic acids is 1. The van der Waals surface area contributed by atoms with Crippen molar-refractivity contribution in [1.29, 1.82) is 0 Å². The van der Waals surface area contributed by atoms with E-state index < -0.39 is 0 Å². The van der Waals surface area contributed by atoms with Crippen molar-refractivity contribution in [3.05, 3.63) is 59.0 Å². The van der Waals surface area contributed by atoms with Crippen molar-refractivity contribution in [3.8, 4) is 0 Å². The largest absolute Gasteiger partial charge is 0.468 e. The van der Waals surface area contributed by atoms with Gasteiger partial charge in [0.25, 0.3) is 0 Å². The molecule has 1 unspecified atom stereocenters. The van der Waals surface area contributed by atoms with Gasteiger partial charge in [0.05, 0.1) is 31.9 Å². The molecule has 1 aromatic heterocycles. The average Bonchev–Trinajstić information content (AvgIpc) is 3.12. The monoisotopic (exact) mass is 348 g/mol. The molecule has 24 heavy (non-hydrogen) atoms. The first-order valence-corrected chi connectivity index (χ1v) is 8.46. The van der Waals surface area contributed by atoms with Crippen molar-refractivity contribution in [3.63, 3.8) is 0 Å². The molecule has 1 aliphatic heterocycles. The summed E-state index contributed by atoms with van der Waals surface area (Å²) < 4.78 is 11.0. The summed E-state index contributed by atoms with van der Waals surface area (Å²) >= 11 is 5.87. The van der Waals surface area contributed by atoms with E-state index >= 15 is 0 Å². The van der Waals surface area contributed by atoms with Gasteiger partial charge in [-0.15, -0.1) is 0 Å². The van der Waals surface area contributed by atoms with Gasteiger partial charge < -0.3 is 14.5 Å². The normalized spacial score (nSPS) is 16.7. The first-order valence-electron chi connectivity index (χ1n) is 8.09. The predicted octanol–water partition coefficient (Wildman–Crippen LogP) is 2.67. The minimum absolute atomic E-state index is 0.0119. The average molecular weight is 349 g/mol. The van der Waals surface area contributed by atoms with Gasteiger partial charge in [0.2, 0.25) is 5.91 Å². The molecule has 1 atom stereocenters. The summed E-state index contributed by atoms with van der Waals surface area (Å²) in [5, 5.41) is 3.69. The number of hydrogen-bond donors (Lipinski definition) is 1. The van der Waals surface area contributed by atoms with Gasteiger partial charge in [-0.05, 0) is 29.8 Å². The summed E-state index contributed by atoms with van der Waals surface area (Å²) in [5.74, 6) is 0.853. The van der Waals surface area contributed by atoms with E-state index in [0.29, 0.717) is 31.2 Å². The highest BCUT2D eigenvalue weighted by atomic mass is 35.5. The number of hydrogen-bond acceptors (Lipinski definition) is 4. The van der Waals surface area contributed by atoms with Crippen LogP contribution in [0.25, 0.3) is 0 Å². The number of furan rings is 1. The van der Waals surface area contributed by atoms with Crippen LogP contribution in [0.4, 0.5) is 0 Å².